The van der Waals surface area contributed by atoms with Crippen LogP contribution in [-0.4, -0.2) is 33.7 Å². The molecule has 2 aromatic heterocycles. The average Bonchev–Trinajstić information content (AvgIpc) is 2.77. The van der Waals surface area contributed by atoms with Crippen molar-refractivity contribution in [3.05, 3.63) is 77.0 Å². The Bertz CT molecular complexity index is 1120. The van der Waals surface area contributed by atoms with E-state index in [4.69, 9.17) is 0 Å². The second-order valence-corrected chi connectivity index (χ2v) is 7.79. The molecule has 0 radical (unpaired) electrons. The fourth-order valence-electron chi connectivity index (χ4n) is 4.46. The quantitative estimate of drug-likeness (QED) is 0.703. The van der Waals surface area contributed by atoms with Crippen molar-refractivity contribution in [2.24, 2.45) is 5.92 Å². The number of benzene rings is 1. The zero-order chi connectivity index (χ0) is 20.5. The van der Waals surface area contributed by atoms with Crippen LogP contribution in [0.25, 0.3) is 0 Å². The molecule has 2 aliphatic rings. The van der Waals surface area contributed by atoms with Gasteiger partial charge in [0.2, 0.25) is 5.95 Å². The Morgan fingerprint density at radius 2 is 1.73 bits per heavy atom. The van der Waals surface area contributed by atoms with E-state index in [-0.39, 0.29) is 17.2 Å². The molecule has 3 aromatic rings. The van der Waals surface area contributed by atoms with Crippen molar-refractivity contribution in [3.8, 4) is 0 Å². The minimum Gasteiger partial charge on any atom is -0.340 e. The number of hydrogen-bond donors (Lipinski definition) is 2. The third-order valence-electron chi connectivity index (χ3n) is 5.72. The third-order valence-corrected chi connectivity index (χ3v) is 5.72. The maximum absolute atomic E-state index is 13.1. The van der Waals surface area contributed by atoms with Gasteiger partial charge >= 0.3 is 6.03 Å². The van der Waals surface area contributed by atoms with Crippen molar-refractivity contribution in [3.63, 3.8) is 0 Å². The number of urea groups is 1. The number of carbonyl (C=O) groups excluding carboxylic acids is 1. The lowest BCUT2D eigenvalue weighted by Gasteiger charge is -2.42. The minimum absolute atomic E-state index is 0.158. The summed E-state index contributed by atoms with van der Waals surface area (Å²) < 4.78 is 1.82. The van der Waals surface area contributed by atoms with Gasteiger partial charge < -0.3 is 20.1 Å². The molecule has 8 heteroatoms. The summed E-state index contributed by atoms with van der Waals surface area (Å²) in [7, 11) is 0. The van der Waals surface area contributed by atoms with Gasteiger partial charge in [-0.05, 0) is 42.7 Å². The van der Waals surface area contributed by atoms with Crippen LogP contribution in [0.5, 0.6) is 0 Å². The standard InChI is InChI=1S/C22H22N6O2/c29-20-18(26-22(30)25-17-5-2-1-3-6-17)7-8-19-16-11-15(13-28(19)20)12-27(14-16)21-23-9-4-10-24-21/h1-10,15-16H,11-14H2,(H2,25,26,30)/t15-,16+/m0/s1. The Balaban J connectivity index is 1.36. The first-order valence-electron chi connectivity index (χ1n) is 10.1. The van der Waals surface area contributed by atoms with E-state index in [0.717, 1.165) is 31.2 Å². The molecule has 30 heavy (non-hydrogen) atoms. The van der Waals surface area contributed by atoms with Crippen LogP contribution >= 0.6 is 0 Å². The summed E-state index contributed by atoms with van der Waals surface area (Å²) in [6.07, 6.45) is 4.55. The second kappa shape index (κ2) is 7.62. The van der Waals surface area contributed by atoms with Crippen LogP contribution in [0.1, 0.15) is 18.0 Å². The van der Waals surface area contributed by atoms with Gasteiger partial charge in [0.15, 0.2) is 0 Å². The van der Waals surface area contributed by atoms with Crippen LogP contribution in [0.3, 0.4) is 0 Å². The largest absolute Gasteiger partial charge is 0.340 e. The Kier molecular flexibility index (Phi) is 4.66. The lowest BCUT2D eigenvalue weighted by Crippen LogP contribution is -2.48. The average molecular weight is 402 g/mol. The first-order chi connectivity index (χ1) is 14.7. The SMILES string of the molecule is O=C(Nc1ccccc1)Nc1ccc2n(c1=O)C[C@H]1C[C@@H]2CN(c2ncccn2)C1. The van der Waals surface area contributed by atoms with Crippen molar-refractivity contribution < 1.29 is 4.79 Å². The summed E-state index contributed by atoms with van der Waals surface area (Å²) in [5.74, 6) is 1.31. The number of nitrogens with one attached hydrogen (secondary N) is 2. The Morgan fingerprint density at radius 1 is 0.933 bits per heavy atom. The molecule has 0 aliphatic carbocycles. The highest BCUT2D eigenvalue weighted by atomic mass is 16.2. The number of piperidine rings is 1. The van der Waals surface area contributed by atoms with Crippen molar-refractivity contribution in [1.82, 2.24) is 14.5 Å². The van der Waals surface area contributed by atoms with Gasteiger partial charge in [0.1, 0.15) is 5.69 Å². The molecule has 1 aromatic carbocycles. The topological polar surface area (TPSA) is 92.2 Å². The van der Waals surface area contributed by atoms with Gasteiger partial charge in [0.25, 0.3) is 5.56 Å². The van der Waals surface area contributed by atoms with Crippen LogP contribution < -0.4 is 21.1 Å². The number of amides is 2. The highest BCUT2D eigenvalue weighted by molar-refractivity contribution is 5.99. The molecule has 2 bridgehead atoms. The lowest BCUT2D eigenvalue weighted by atomic mass is 9.83. The number of para-hydroxylation sites is 1. The summed E-state index contributed by atoms with van der Waals surface area (Å²) in [4.78, 5) is 36.3. The number of nitrogens with zero attached hydrogens (tertiary/aromatic N) is 4. The molecule has 0 saturated carbocycles. The predicted molar refractivity (Wildman–Crippen MR) is 115 cm³/mol. The molecular weight excluding hydrogens is 380 g/mol. The van der Waals surface area contributed by atoms with Gasteiger partial charge in [-0.25, -0.2) is 14.8 Å². The lowest BCUT2D eigenvalue weighted by molar-refractivity contribution is 0.262. The van der Waals surface area contributed by atoms with E-state index in [1.807, 2.05) is 34.9 Å². The molecule has 152 valence electrons. The zero-order valence-electron chi connectivity index (χ0n) is 16.4. The predicted octanol–water partition coefficient (Wildman–Crippen LogP) is 2.91. The van der Waals surface area contributed by atoms with Crippen LogP contribution in [0.15, 0.2) is 65.7 Å². The van der Waals surface area contributed by atoms with Crippen molar-refractivity contribution in [2.75, 3.05) is 28.6 Å². The molecule has 1 saturated heterocycles. The monoisotopic (exact) mass is 402 g/mol. The fourth-order valence-corrected chi connectivity index (χ4v) is 4.46. The number of pyridine rings is 1. The number of aromatic nitrogens is 3. The van der Waals surface area contributed by atoms with E-state index in [9.17, 15) is 9.59 Å². The summed E-state index contributed by atoms with van der Waals surface area (Å²) in [5.41, 5.74) is 1.81. The number of anilines is 3. The van der Waals surface area contributed by atoms with Gasteiger partial charge in [-0.3, -0.25) is 4.79 Å². The van der Waals surface area contributed by atoms with Crippen molar-refractivity contribution in [2.45, 2.75) is 18.9 Å². The Hall–Kier alpha value is -3.68. The molecule has 1 fully saturated rings. The van der Waals surface area contributed by atoms with Crippen LogP contribution in [0.4, 0.5) is 22.1 Å². The molecule has 8 nitrogen and oxygen atoms in total. The Labute approximate surface area is 173 Å². The molecular formula is C22H22N6O2. The van der Waals surface area contributed by atoms with E-state index in [1.165, 1.54) is 0 Å². The van der Waals surface area contributed by atoms with Gasteiger partial charge in [-0.1, -0.05) is 18.2 Å². The minimum atomic E-state index is -0.428. The second-order valence-electron chi connectivity index (χ2n) is 7.79. The zero-order valence-corrected chi connectivity index (χ0v) is 16.4. The van der Waals surface area contributed by atoms with E-state index in [1.54, 1.807) is 30.6 Å². The van der Waals surface area contributed by atoms with Gasteiger partial charge in [0, 0.05) is 49.3 Å². The number of rotatable bonds is 3. The van der Waals surface area contributed by atoms with Gasteiger partial charge in [0.05, 0.1) is 0 Å². The normalized spacial score (nSPS) is 19.7. The summed E-state index contributed by atoms with van der Waals surface area (Å²) >= 11 is 0. The van der Waals surface area contributed by atoms with E-state index in [0.29, 0.717) is 18.2 Å². The van der Waals surface area contributed by atoms with Crippen molar-refractivity contribution in [1.29, 1.82) is 0 Å². The highest BCUT2D eigenvalue weighted by Crippen LogP contribution is 2.36. The number of fused-ring (bicyclic) bond motifs is 4. The number of carbonyl (C=O) groups is 1. The highest BCUT2D eigenvalue weighted by Gasteiger charge is 2.35. The molecule has 5 rings (SSSR count). The van der Waals surface area contributed by atoms with Crippen LogP contribution in [-0.2, 0) is 6.54 Å². The summed E-state index contributed by atoms with van der Waals surface area (Å²) in [6, 6.07) is 14.2. The molecule has 0 spiro atoms. The molecule has 4 heterocycles. The molecule has 2 N–H and O–H groups in total. The third kappa shape index (κ3) is 3.52. The number of hydrogen-bond acceptors (Lipinski definition) is 5. The molecule has 2 amide bonds. The maximum Gasteiger partial charge on any atom is 0.323 e. The van der Waals surface area contributed by atoms with Gasteiger partial charge in [-0.2, -0.15) is 0 Å². The molecule has 0 unspecified atom stereocenters. The maximum atomic E-state index is 13.1. The molecule has 2 atom stereocenters. The van der Waals surface area contributed by atoms with E-state index in [2.05, 4.69) is 25.5 Å². The van der Waals surface area contributed by atoms with E-state index < -0.39 is 6.03 Å². The Morgan fingerprint density at radius 3 is 2.53 bits per heavy atom. The smallest absolute Gasteiger partial charge is 0.323 e. The summed E-state index contributed by atoms with van der Waals surface area (Å²) in [6.45, 7) is 2.23. The van der Waals surface area contributed by atoms with Crippen molar-refractivity contribution >= 4 is 23.4 Å². The first-order valence-corrected chi connectivity index (χ1v) is 10.1. The fraction of sp³-hybridized carbons (Fsp3) is 0.273. The summed E-state index contributed by atoms with van der Waals surface area (Å²) in [5, 5.41) is 5.44. The van der Waals surface area contributed by atoms with Gasteiger partial charge in [-0.15, -0.1) is 0 Å². The van der Waals surface area contributed by atoms with Crippen LogP contribution in [0, 0.1) is 5.92 Å². The van der Waals surface area contributed by atoms with E-state index >= 15 is 0 Å². The molecule has 2 aliphatic heterocycles. The first kappa shape index (κ1) is 18.4. The van der Waals surface area contributed by atoms with Crippen LogP contribution in [0.2, 0.25) is 0 Å².